The van der Waals surface area contributed by atoms with Gasteiger partial charge in [0.2, 0.25) is 5.69 Å². The third-order valence-electron chi connectivity index (χ3n) is 3.07. The van der Waals surface area contributed by atoms with Crippen LogP contribution in [0.4, 0.5) is 10.1 Å². The predicted octanol–water partition coefficient (Wildman–Crippen LogP) is 2.95. The standard InChI is InChI=1S/C15H19FN3O/c1-10-12(9-17)13(16)11(2)14(18-3)15(10)20-8-7-19(4,5)6/h7-8H2,1-2,4-6H3/q+1. The van der Waals surface area contributed by atoms with Crippen LogP contribution in [0.3, 0.4) is 0 Å². The summed E-state index contributed by atoms with van der Waals surface area (Å²) in [5, 5.41) is 9.04. The first-order valence-electron chi connectivity index (χ1n) is 6.26. The molecule has 5 heteroatoms. The molecule has 1 aromatic carbocycles. The van der Waals surface area contributed by atoms with Gasteiger partial charge in [-0.1, -0.05) is 0 Å². The fraction of sp³-hybridized carbons (Fsp3) is 0.467. The SMILES string of the molecule is [C-]#[N+]c1c(C)c(F)c(C#N)c(C)c1OCC[N+](C)(C)C. The molecular formula is C15H19FN3O+. The number of rotatable bonds is 4. The van der Waals surface area contributed by atoms with Crippen molar-refractivity contribution in [3.05, 3.63) is 33.9 Å². The molecule has 1 rings (SSSR count). The van der Waals surface area contributed by atoms with Crippen molar-refractivity contribution >= 4 is 5.69 Å². The van der Waals surface area contributed by atoms with Crippen LogP contribution in [0.15, 0.2) is 0 Å². The lowest BCUT2D eigenvalue weighted by Gasteiger charge is -2.24. The lowest BCUT2D eigenvalue weighted by Crippen LogP contribution is -2.38. The summed E-state index contributed by atoms with van der Waals surface area (Å²) in [6.45, 7) is 11.5. The van der Waals surface area contributed by atoms with Gasteiger partial charge in [0.1, 0.15) is 30.8 Å². The van der Waals surface area contributed by atoms with Crippen LogP contribution in [0.2, 0.25) is 0 Å². The molecule has 0 aliphatic heterocycles. The Labute approximate surface area is 119 Å². The number of halogens is 1. The minimum Gasteiger partial charge on any atom is -0.498 e. The van der Waals surface area contributed by atoms with Crippen molar-refractivity contribution in [2.45, 2.75) is 13.8 Å². The fourth-order valence-corrected chi connectivity index (χ4v) is 1.78. The molecule has 0 unspecified atom stereocenters. The highest BCUT2D eigenvalue weighted by Gasteiger charge is 2.21. The number of nitriles is 1. The third-order valence-corrected chi connectivity index (χ3v) is 3.07. The molecule has 0 saturated carbocycles. The summed E-state index contributed by atoms with van der Waals surface area (Å²) in [6, 6.07) is 1.84. The summed E-state index contributed by atoms with van der Waals surface area (Å²) < 4.78 is 20.4. The van der Waals surface area contributed by atoms with Crippen molar-refractivity contribution in [1.29, 1.82) is 5.26 Å². The van der Waals surface area contributed by atoms with Crippen molar-refractivity contribution < 1.29 is 13.6 Å². The fourth-order valence-electron chi connectivity index (χ4n) is 1.78. The van der Waals surface area contributed by atoms with E-state index in [1.807, 2.05) is 27.2 Å². The van der Waals surface area contributed by atoms with Crippen molar-refractivity contribution in [3.8, 4) is 11.8 Å². The molecule has 106 valence electrons. The Morgan fingerprint density at radius 1 is 1.30 bits per heavy atom. The second-order valence-electron chi connectivity index (χ2n) is 5.70. The first-order valence-corrected chi connectivity index (χ1v) is 6.26. The minimum atomic E-state index is -0.630. The van der Waals surface area contributed by atoms with Crippen LogP contribution in [0.1, 0.15) is 16.7 Å². The Hall–Kier alpha value is -2.11. The van der Waals surface area contributed by atoms with E-state index in [1.165, 1.54) is 6.92 Å². The van der Waals surface area contributed by atoms with Gasteiger partial charge in [-0.25, -0.2) is 9.24 Å². The number of likely N-dealkylation sites (N-methyl/N-ethyl adjacent to an activating group) is 1. The average Bonchev–Trinajstić information content (AvgIpc) is 2.35. The molecule has 20 heavy (non-hydrogen) atoms. The maximum absolute atomic E-state index is 14.0. The molecule has 0 fully saturated rings. The van der Waals surface area contributed by atoms with Crippen LogP contribution in [-0.2, 0) is 0 Å². The van der Waals surface area contributed by atoms with Gasteiger partial charge in [0, 0.05) is 5.56 Å². The average molecular weight is 276 g/mol. The summed E-state index contributed by atoms with van der Waals surface area (Å²) in [5.74, 6) is -0.307. The Morgan fingerprint density at radius 3 is 2.35 bits per heavy atom. The molecule has 0 bridgehead atoms. The molecule has 4 nitrogen and oxygen atoms in total. The Bertz CT molecular complexity index is 604. The van der Waals surface area contributed by atoms with E-state index in [9.17, 15) is 4.39 Å². The van der Waals surface area contributed by atoms with Crippen molar-refractivity contribution in [2.24, 2.45) is 0 Å². The first kappa shape index (κ1) is 15.9. The number of hydrogen-bond acceptors (Lipinski definition) is 2. The topological polar surface area (TPSA) is 37.4 Å². The largest absolute Gasteiger partial charge is 0.498 e. The van der Waals surface area contributed by atoms with Crippen LogP contribution < -0.4 is 4.74 Å². The van der Waals surface area contributed by atoms with Gasteiger partial charge < -0.3 is 9.22 Å². The number of ether oxygens (including phenoxy) is 1. The van der Waals surface area contributed by atoms with Crippen LogP contribution in [0.25, 0.3) is 4.85 Å². The van der Waals surface area contributed by atoms with E-state index in [1.54, 1.807) is 6.92 Å². The molecule has 0 aromatic heterocycles. The highest BCUT2D eigenvalue weighted by atomic mass is 19.1. The van der Waals surface area contributed by atoms with Gasteiger partial charge in [0.05, 0.1) is 33.3 Å². The quantitative estimate of drug-likeness (QED) is 0.626. The zero-order chi connectivity index (χ0) is 15.5. The first-order chi connectivity index (χ1) is 9.22. The lowest BCUT2D eigenvalue weighted by molar-refractivity contribution is -0.870. The van der Waals surface area contributed by atoms with E-state index in [-0.39, 0.29) is 16.8 Å². The van der Waals surface area contributed by atoms with E-state index < -0.39 is 5.82 Å². The number of benzene rings is 1. The molecule has 0 N–H and O–H groups in total. The highest BCUT2D eigenvalue weighted by molar-refractivity contribution is 5.69. The number of hydrogen-bond donors (Lipinski definition) is 0. The molecule has 0 heterocycles. The summed E-state index contributed by atoms with van der Waals surface area (Å²) in [4.78, 5) is 3.35. The molecule has 0 aliphatic rings. The molecule has 0 atom stereocenters. The predicted molar refractivity (Wildman–Crippen MR) is 75.2 cm³/mol. The summed E-state index contributed by atoms with van der Waals surface area (Å²) >= 11 is 0. The number of quaternary nitrogens is 1. The Balaban J connectivity index is 3.23. The third kappa shape index (κ3) is 3.26. The molecule has 0 spiro atoms. The zero-order valence-corrected chi connectivity index (χ0v) is 12.5. The van der Waals surface area contributed by atoms with Gasteiger partial charge in [-0.2, -0.15) is 5.26 Å². The van der Waals surface area contributed by atoms with Crippen LogP contribution in [-0.4, -0.2) is 38.8 Å². The molecule has 0 amide bonds. The summed E-state index contributed by atoms with van der Waals surface area (Å²) in [5.41, 5.74) is 0.668. The van der Waals surface area contributed by atoms with Gasteiger partial charge in [-0.15, -0.1) is 0 Å². The summed E-state index contributed by atoms with van der Waals surface area (Å²) in [7, 11) is 6.09. The zero-order valence-electron chi connectivity index (χ0n) is 12.5. The van der Waals surface area contributed by atoms with Crippen molar-refractivity contribution in [3.63, 3.8) is 0 Å². The molecular weight excluding hydrogens is 257 g/mol. The summed E-state index contributed by atoms with van der Waals surface area (Å²) in [6.07, 6.45) is 0. The number of nitrogens with zero attached hydrogens (tertiary/aromatic N) is 3. The van der Waals surface area contributed by atoms with Gasteiger partial charge >= 0.3 is 0 Å². The highest BCUT2D eigenvalue weighted by Crippen LogP contribution is 2.38. The second-order valence-corrected chi connectivity index (χ2v) is 5.70. The normalized spacial score (nSPS) is 10.8. The van der Waals surface area contributed by atoms with Gasteiger partial charge in [0.25, 0.3) is 0 Å². The van der Waals surface area contributed by atoms with Gasteiger partial charge in [0.15, 0.2) is 0 Å². The van der Waals surface area contributed by atoms with E-state index in [4.69, 9.17) is 16.6 Å². The maximum atomic E-state index is 14.0. The van der Waals surface area contributed by atoms with Crippen molar-refractivity contribution in [1.82, 2.24) is 0 Å². The second kappa shape index (κ2) is 5.90. The van der Waals surface area contributed by atoms with Crippen LogP contribution in [0, 0.1) is 37.6 Å². The van der Waals surface area contributed by atoms with E-state index in [2.05, 4.69) is 4.85 Å². The maximum Gasteiger partial charge on any atom is 0.234 e. The lowest BCUT2D eigenvalue weighted by atomic mass is 10.0. The molecule has 0 saturated heterocycles. The van der Waals surface area contributed by atoms with E-state index >= 15 is 0 Å². The van der Waals surface area contributed by atoms with Crippen molar-refractivity contribution in [2.75, 3.05) is 34.3 Å². The minimum absolute atomic E-state index is 0.0462. The van der Waals surface area contributed by atoms with Crippen LogP contribution >= 0.6 is 0 Å². The molecule has 0 aliphatic carbocycles. The Morgan fingerprint density at radius 2 is 1.90 bits per heavy atom. The molecule has 0 radical (unpaired) electrons. The van der Waals surface area contributed by atoms with E-state index in [0.29, 0.717) is 17.9 Å². The smallest absolute Gasteiger partial charge is 0.234 e. The monoisotopic (exact) mass is 276 g/mol. The van der Waals surface area contributed by atoms with Crippen LogP contribution in [0.5, 0.6) is 5.75 Å². The Kier molecular flexibility index (Phi) is 4.70. The van der Waals surface area contributed by atoms with Gasteiger partial charge in [-0.05, 0) is 19.4 Å². The molecule has 1 aromatic rings. The van der Waals surface area contributed by atoms with E-state index in [0.717, 1.165) is 11.0 Å². The van der Waals surface area contributed by atoms with Gasteiger partial charge in [-0.3, -0.25) is 0 Å².